The molecule has 148 valence electrons. The first-order valence-corrected chi connectivity index (χ1v) is 10.1. The van der Waals surface area contributed by atoms with Crippen LogP contribution in [0.25, 0.3) is 0 Å². The van der Waals surface area contributed by atoms with Gasteiger partial charge in [-0.25, -0.2) is 4.98 Å². The molecule has 1 aliphatic heterocycles. The van der Waals surface area contributed by atoms with Crippen LogP contribution in [0.3, 0.4) is 0 Å². The molecular formula is C21H20N4O3S. The predicted octanol–water partition coefficient (Wildman–Crippen LogP) is 4.17. The second-order valence-electron chi connectivity index (χ2n) is 7.05. The molecule has 1 aromatic heterocycles. The van der Waals surface area contributed by atoms with E-state index in [2.05, 4.69) is 27.3 Å². The van der Waals surface area contributed by atoms with Crippen molar-refractivity contribution in [3.05, 3.63) is 85.9 Å². The molecule has 3 aromatic rings. The second-order valence-corrected chi connectivity index (χ2v) is 8.13. The van der Waals surface area contributed by atoms with Gasteiger partial charge in [0.2, 0.25) is 0 Å². The number of aryl methyl sites for hydroxylation is 1. The number of nitrogens with one attached hydrogen (secondary N) is 1. The Hall–Kier alpha value is -3.10. The van der Waals surface area contributed by atoms with E-state index >= 15 is 0 Å². The third kappa shape index (κ3) is 4.33. The number of carbonyl (C=O) groups excluding carboxylic acids is 1. The molecule has 2 heterocycles. The molecule has 0 saturated heterocycles. The number of carbonyl (C=O) groups is 1. The lowest BCUT2D eigenvalue weighted by molar-refractivity contribution is -0.385. The van der Waals surface area contributed by atoms with Gasteiger partial charge < -0.3 is 0 Å². The van der Waals surface area contributed by atoms with Crippen LogP contribution in [0, 0.1) is 17.0 Å². The summed E-state index contributed by atoms with van der Waals surface area (Å²) in [7, 11) is 0. The number of amides is 1. The number of aromatic nitrogens is 1. The van der Waals surface area contributed by atoms with Gasteiger partial charge in [0.15, 0.2) is 5.13 Å². The van der Waals surface area contributed by atoms with Gasteiger partial charge in [0.25, 0.3) is 11.6 Å². The summed E-state index contributed by atoms with van der Waals surface area (Å²) in [6.07, 6.45) is 0.852. The molecule has 0 spiro atoms. The maximum atomic E-state index is 12.5. The van der Waals surface area contributed by atoms with E-state index in [1.165, 1.54) is 40.0 Å². The van der Waals surface area contributed by atoms with Crippen LogP contribution in [-0.4, -0.2) is 27.3 Å². The quantitative estimate of drug-likeness (QED) is 0.506. The summed E-state index contributed by atoms with van der Waals surface area (Å²) in [5.74, 6) is -0.310. The molecule has 0 atom stereocenters. The number of fused-ring (bicyclic) bond motifs is 1. The van der Waals surface area contributed by atoms with E-state index < -0.39 is 4.92 Å². The number of hydrogen-bond donors (Lipinski definition) is 1. The molecule has 29 heavy (non-hydrogen) atoms. The van der Waals surface area contributed by atoms with Crippen LogP contribution in [0.1, 0.15) is 32.1 Å². The minimum atomic E-state index is -0.451. The SMILES string of the molecule is Cc1cc(C(=O)Nc2nc3c(s2)CN(Cc2ccccc2)CC3)ccc1[N+](=O)[O-]. The van der Waals surface area contributed by atoms with Crippen LogP contribution in [-0.2, 0) is 19.5 Å². The number of nitro groups is 1. The second kappa shape index (κ2) is 8.10. The molecule has 0 fully saturated rings. The third-order valence-corrected chi connectivity index (χ3v) is 5.93. The fourth-order valence-corrected chi connectivity index (χ4v) is 4.49. The first-order chi connectivity index (χ1) is 14.0. The van der Waals surface area contributed by atoms with Crippen molar-refractivity contribution in [2.24, 2.45) is 0 Å². The van der Waals surface area contributed by atoms with E-state index in [1.54, 1.807) is 6.92 Å². The van der Waals surface area contributed by atoms with Crippen molar-refractivity contribution in [3.63, 3.8) is 0 Å². The first-order valence-electron chi connectivity index (χ1n) is 9.31. The highest BCUT2D eigenvalue weighted by molar-refractivity contribution is 7.15. The molecule has 1 N–H and O–H groups in total. The van der Waals surface area contributed by atoms with Crippen LogP contribution in [0.4, 0.5) is 10.8 Å². The smallest absolute Gasteiger partial charge is 0.272 e. The number of nitrogens with zero attached hydrogens (tertiary/aromatic N) is 3. The highest BCUT2D eigenvalue weighted by atomic mass is 32.1. The topological polar surface area (TPSA) is 88.4 Å². The molecule has 1 amide bonds. The molecule has 7 nitrogen and oxygen atoms in total. The zero-order chi connectivity index (χ0) is 20.4. The number of rotatable bonds is 5. The van der Waals surface area contributed by atoms with E-state index in [9.17, 15) is 14.9 Å². The van der Waals surface area contributed by atoms with Gasteiger partial charge in [-0.05, 0) is 24.6 Å². The minimum absolute atomic E-state index is 0.00442. The van der Waals surface area contributed by atoms with E-state index in [0.29, 0.717) is 16.3 Å². The zero-order valence-corrected chi connectivity index (χ0v) is 16.7. The van der Waals surface area contributed by atoms with Gasteiger partial charge >= 0.3 is 0 Å². The Kier molecular flexibility index (Phi) is 5.37. The van der Waals surface area contributed by atoms with Crippen molar-refractivity contribution >= 4 is 28.1 Å². The number of anilines is 1. The Balaban J connectivity index is 1.43. The van der Waals surface area contributed by atoms with E-state index in [1.807, 2.05) is 18.2 Å². The van der Waals surface area contributed by atoms with Crippen LogP contribution < -0.4 is 5.32 Å². The van der Waals surface area contributed by atoms with Gasteiger partial charge in [-0.15, -0.1) is 11.3 Å². The summed E-state index contributed by atoms with van der Waals surface area (Å²) in [5, 5.41) is 14.3. The summed E-state index contributed by atoms with van der Waals surface area (Å²) >= 11 is 1.49. The largest absolute Gasteiger partial charge is 0.298 e. The Morgan fingerprint density at radius 1 is 1.28 bits per heavy atom. The lowest BCUT2D eigenvalue weighted by Crippen LogP contribution is -2.29. The van der Waals surface area contributed by atoms with Crippen molar-refractivity contribution in [1.82, 2.24) is 9.88 Å². The van der Waals surface area contributed by atoms with Gasteiger partial charge in [0.05, 0.1) is 10.6 Å². The molecule has 1 aliphatic rings. The summed E-state index contributed by atoms with van der Waals surface area (Å²) in [6, 6.07) is 14.7. The van der Waals surface area contributed by atoms with E-state index in [-0.39, 0.29) is 11.6 Å². The average molecular weight is 408 g/mol. The van der Waals surface area contributed by atoms with Crippen molar-refractivity contribution in [2.75, 3.05) is 11.9 Å². The molecule has 0 radical (unpaired) electrons. The molecule has 0 saturated carbocycles. The summed E-state index contributed by atoms with van der Waals surface area (Å²) < 4.78 is 0. The van der Waals surface area contributed by atoms with Crippen molar-refractivity contribution < 1.29 is 9.72 Å². The van der Waals surface area contributed by atoms with Crippen molar-refractivity contribution in [2.45, 2.75) is 26.4 Å². The first kappa shape index (κ1) is 19.2. The predicted molar refractivity (Wildman–Crippen MR) is 112 cm³/mol. The van der Waals surface area contributed by atoms with Crippen molar-refractivity contribution in [1.29, 1.82) is 0 Å². The number of nitro benzene ring substituents is 1. The van der Waals surface area contributed by atoms with Gasteiger partial charge in [0.1, 0.15) is 0 Å². The fraction of sp³-hybridized carbons (Fsp3) is 0.238. The Morgan fingerprint density at radius 2 is 2.07 bits per heavy atom. The summed E-state index contributed by atoms with van der Waals surface area (Å²) in [4.78, 5) is 31.2. The average Bonchev–Trinajstić information content (AvgIpc) is 3.09. The van der Waals surface area contributed by atoms with Gasteiger partial charge in [-0.2, -0.15) is 0 Å². The normalized spacial score (nSPS) is 13.7. The Bertz CT molecular complexity index is 1070. The Labute approximate surface area is 172 Å². The van der Waals surface area contributed by atoms with Crippen LogP contribution in [0.15, 0.2) is 48.5 Å². The van der Waals surface area contributed by atoms with Gasteiger partial charge in [0, 0.05) is 48.1 Å². The Morgan fingerprint density at radius 3 is 2.79 bits per heavy atom. The highest BCUT2D eigenvalue weighted by Gasteiger charge is 2.22. The number of benzene rings is 2. The molecule has 0 bridgehead atoms. The highest BCUT2D eigenvalue weighted by Crippen LogP contribution is 2.29. The van der Waals surface area contributed by atoms with Gasteiger partial charge in [-0.3, -0.25) is 25.1 Å². The maximum absolute atomic E-state index is 12.5. The number of hydrogen-bond acceptors (Lipinski definition) is 6. The molecule has 2 aromatic carbocycles. The lowest BCUT2D eigenvalue weighted by atomic mass is 10.1. The molecule has 0 aliphatic carbocycles. The molecule has 4 rings (SSSR count). The standard InChI is InChI=1S/C21H20N4O3S/c1-14-11-16(7-8-18(14)25(27)28)20(26)23-21-22-17-9-10-24(13-19(17)29-21)12-15-5-3-2-4-6-15/h2-8,11H,9-10,12-13H2,1H3,(H,22,23,26). The van der Waals surface area contributed by atoms with Crippen LogP contribution in [0.5, 0.6) is 0 Å². The van der Waals surface area contributed by atoms with E-state index in [0.717, 1.165) is 31.7 Å². The van der Waals surface area contributed by atoms with Crippen LogP contribution in [0.2, 0.25) is 0 Å². The zero-order valence-electron chi connectivity index (χ0n) is 15.9. The molecule has 8 heteroatoms. The summed E-state index contributed by atoms with van der Waals surface area (Å²) in [6.45, 7) is 4.26. The lowest BCUT2D eigenvalue weighted by Gasteiger charge is -2.25. The molecular weight excluding hydrogens is 388 g/mol. The summed E-state index contributed by atoms with van der Waals surface area (Å²) in [5.41, 5.74) is 3.16. The minimum Gasteiger partial charge on any atom is -0.298 e. The number of thiazole rings is 1. The monoisotopic (exact) mass is 408 g/mol. The fourth-order valence-electron chi connectivity index (χ4n) is 3.45. The van der Waals surface area contributed by atoms with Gasteiger partial charge in [-0.1, -0.05) is 30.3 Å². The molecule has 0 unspecified atom stereocenters. The van der Waals surface area contributed by atoms with Crippen molar-refractivity contribution in [3.8, 4) is 0 Å². The maximum Gasteiger partial charge on any atom is 0.272 e. The van der Waals surface area contributed by atoms with E-state index in [4.69, 9.17) is 0 Å². The van der Waals surface area contributed by atoms with Crippen LogP contribution >= 0.6 is 11.3 Å². The third-order valence-electron chi connectivity index (χ3n) is 4.94.